The third-order valence-corrected chi connectivity index (χ3v) is 3.05. The van der Waals surface area contributed by atoms with E-state index >= 15 is 0 Å². The third kappa shape index (κ3) is 4.17. The molecule has 6 nitrogen and oxygen atoms in total. The van der Waals surface area contributed by atoms with Crippen molar-refractivity contribution in [2.45, 2.75) is 6.10 Å². The number of hydrogen-bond acceptors (Lipinski definition) is 3. The number of urea groups is 1. The number of hydrogen-bond donors (Lipinski definition) is 3. The smallest absolute Gasteiger partial charge is 0.320 e. The standard InChI is InChI=1S/C13H14ClFN4O2/c1-19-5-4-12(18-19)17-13(21)16-7-11(20)8-2-3-9(14)10(15)6-8/h2-6,11,20H,7H2,1H3,(H2,16,17,18,21). The van der Waals surface area contributed by atoms with Gasteiger partial charge in [0, 0.05) is 25.9 Å². The van der Waals surface area contributed by atoms with Crippen molar-refractivity contribution < 1.29 is 14.3 Å². The summed E-state index contributed by atoms with van der Waals surface area (Å²) in [6, 6.07) is 5.09. The van der Waals surface area contributed by atoms with Gasteiger partial charge in [-0.3, -0.25) is 10.00 Å². The van der Waals surface area contributed by atoms with E-state index in [1.807, 2.05) is 0 Å². The molecule has 8 heteroatoms. The zero-order valence-corrected chi connectivity index (χ0v) is 11.9. The molecule has 1 aromatic heterocycles. The minimum atomic E-state index is -1.04. The average Bonchev–Trinajstić information content (AvgIpc) is 2.84. The van der Waals surface area contributed by atoms with Gasteiger partial charge in [-0.1, -0.05) is 17.7 Å². The van der Waals surface area contributed by atoms with Crippen molar-refractivity contribution in [1.82, 2.24) is 15.1 Å². The van der Waals surface area contributed by atoms with Crippen LogP contribution >= 0.6 is 11.6 Å². The molecule has 0 aliphatic rings. The maximum absolute atomic E-state index is 13.3. The van der Waals surface area contributed by atoms with Crippen molar-refractivity contribution in [1.29, 1.82) is 0 Å². The summed E-state index contributed by atoms with van der Waals surface area (Å²) in [4.78, 5) is 11.6. The monoisotopic (exact) mass is 312 g/mol. The van der Waals surface area contributed by atoms with E-state index in [9.17, 15) is 14.3 Å². The van der Waals surface area contributed by atoms with Gasteiger partial charge in [0.1, 0.15) is 5.82 Å². The lowest BCUT2D eigenvalue weighted by atomic mass is 10.1. The van der Waals surface area contributed by atoms with Gasteiger partial charge < -0.3 is 10.4 Å². The normalized spacial score (nSPS) is 12.0. The van der Waals surface area contributed by atoms with Gasteiger partial charge >= 0.3 is 6.03 Å². The van der Waals surface area contributed by atoms with Gasteiger partial charge in [-0.2, -0.15) is 5.10 Å². The fraction of sp³-hybridized carbons (Fsp3) is 0.231. The number of amides is 2. The van der Waals surface area contributed by atoms with Crippen molar-refractivity contribution in [3.05, 3.63) is 46.9 Å². The molecule has 1 unspecified atom stereocenters. The number of nitrogens with zero attached hydrogens (tertiary/aromatic N) is 2. The minimum Gasteiger partial charge on any atom is -0.387 e. The predicted octanol–water partition coefficient (Wildman–Crippen LogP) is 2.07. The van der Waals surface area contributed by atoms with E-state index in [0.29, 0.717) is 11.4 Å². The van der Waals surface area contributed by atoms with Crippen molar-refractivity contribution >= 4 is 23.4 Å². The van der Waals surface area contributed by atoms with Crippen LogP contribution in [0.4, 0.5) is 15.0 Å². The SMILES string of the molecule is Cn1ccc(NC(=O)NCC(O)c2ccc(Cl)c(F)c2)n1. The van der Waals surface area contributed by atoms with E-state index in [1.54, 1.807) is 24.0 Å². The second kappa shape index (κ2) is 6.55. The Morgan fingerprint density at radius 1 is 1.52 bits per heavy atom. The van der Waals surface area contributed by atoms with Crippen molar-refractivity contribution in [2.75, 3.05) is 11.9 Å². The summed E-state index contributed by atoms with van der Waals surface area (Å²) >= 11 is 5.56. The minimum absolute atomic E-state index is 0.0215. The van der Waals surface area contributed by atoms with Crippen LogP contribution in [0, 0.1) is 5.82 Å². The van der Waals surface area contributed by atoms with Crippen molar-refractivity contribution in [3.63, 3.8) is 0 Å². The Hall–Kier alpha value is -2.12. The van der Waals surface area contributed by atoms with Crippen LogP contribution in [0.1, 0.15) is 11.7 Å². The number of aryl methyl sites for hydroxylation is 1. The summed E-state index contributed by atoms with van der Waals surface area (Å²) in [5, 5.41) is 18.8. The first-order valence-electron chi connectivity index (χ1n) is 6.13. The first-order chi connectivity index (χ1) is 9.95. The number of aromatic nitrogens is 2. The molecule has 2 amide bonds. The first kappa shape index (κ1) is 15.3. The summed E-state index contributed by atoms with van der Waals surface area (Å²) < 4.78 is 14.8. The number of aliphatic hydroxyl groups excluding tert-OH is 1. The highest BCUT2D eigenvalue weighted by atomic mass is 35.5. The van der Waals surface area contributed by atoms with E-state index in [4.69, 9.17) is 11.6 Å². The lowest BCUT2D eigenvalue weighted by molar-refractivity contribution is 0.174. The molecule has 0 saturated heterocycles. The number of carbonyl (C=O) groups is 1. The molecule has 0 saturated carbocycles. The molecule has 1 atom stereocenters. The van der Waals surface area contributed by atoms with E-state index < -0.39 is 18.0 Å². The molecule has 0 aliphatic carbocycles. The van der Waals surface area contributed by atoms with Crippen molar-refractivity contribution in [2.24, 2.45) is 7.05 Å². The zero-order valence-electron chi connectivity index (χ0n) is 11.2. The average molecular weight is 313 g/mol. The maximum atomic E-state index is 13.3. The summed E-state index contributed by atoms with van der Waals surface area (Å²) in [7, 11) is 1.72. The molecular formula is C13H14ClFN4O2. The molecule has 0 bridgehead atoms. The lowest BCUT2D eigenvalue weighted by Gasteiger charge is -2.12. The van der Waals surface area contributed by atoms with Gasteiger partial charge in [0.05, 0.1) is 11.1 Å². The van der Waals surface area contributed by atoms with Gasteiger partial charge in [0.15, 0.2) is 5.82 Å². The van der Waals surface area contributed by atoms with Crippen LogP contribution in [0.3, 0.4) is 0 Å². The molecular weight excluding hydrogens is 299 g/mol. The highest BCUT2D eigenvalue weighted by Gasteiger charge is 2.12. The van der Waals surface area contributed by atoms with Gasteiger partial charge in [-0.15, -0.1) is 0 Å². The fourth-order valence-electron chi connectivity index (χ4n) is 1.67. The molecule has 0 fully saturated rings. The largest absolute Gasteiger partial charge is 0.387 e. The number of nitrogens with one attached hydrogen (secondary N) is 2. The zero-order chi connectivity index (χ0) is 15.4. The van der Waals surface area contributed by atoms with Gasteiger partial charge in [0.25, 0.3) is 0 Å². The predicted molar refractivity (Wildman–Crippen MR) is 76.6 cm³/mol. The number of rotatable bonds is 4. The lowest BCUT2D eigenvalue weighted by Crippen LogP contribution is -2.32. The fourth-order valence-corrected chi connectivity index (χ4v) is 1.79. The number of anilines is 1. The number of aliphatic hydroxyl groups is 1. The topological polar surface area (TPSA) is 79.2 Å². The molecule has 0 spiro atoms. The second-order valence-corrected chi connectivity index (χ2v) is 4.81. The van der Waals surface area contributed by atoms with Crippen LogP contribution in [0.5, 0.6) is 0 Å². The summed E-state index contributed by atoms with van der Waals surface area (Å²) in [5.41, 5.74) is 0.329. The Morgan fingerprint density at radius 2 is 2.29 bits per heavy atom. The van der Waals surface area contributed by atoms with Crippen LogP contribution < -0.4 is 10.6 Å². The van der Waals surface area contributed by atoms with E-state index in [1.165, 1.54) is 12.1 Å². The van der Waals surface area contributed by atoms with Gasteiger partial charge in [0.2, 0.25) is 0 Å². The molecule has 1 aromatic carbocycles. The summed E-state index contributed by atoms with van der Waals surface area (Å²) in [6.07, 6.45) is 0.646. The molecule has 3 N–H and O–H groups in total. The van der Waals surface area contributed by atoms with Crippen LogP contribution in [-0.4, -0.2) is 27.5 Å². The molecule has 2 rings (SSSR count). The Bertz CT molecular complexity index is 647. The molecule has 0 radical (unpaired) electrons. The number of halogens is 2. The van der Waals surface area contributed by atoms with Gasteiger partial charge in [-0.05, 0) is 17.7 Å². The van der Waals surface area contributed by atoms with Crippen LogP contribution in [0.15, 0.2) is 30.5 Å². The molecule has 112 valence electrons. The Labute approximate surface area is 125 Å². The number of benzene rings is 1. The second-order valence-electron chi connectivity index (χ2n) is 4.40. The Balaban J connectivity index is 1.86. The van der Waals surface area contributed by atoms with E-state index in [-0.39, 0.29) is 11.6 Å². The Morgan fingerprint density at radius 3 is 2.90 bits per heavy atom. The van der Waals surface area contributed by atoms with Crippen LogP contribution in [0.25, 0.3) is 0 Å². The highest BCUT2D eigenvalue weighted by Crippen LogP contribution is 2.19. The van der Waals surface area contributed by atoms with E-state index in [0.717, 1.165) is 6.07 Å². The number of carbonyl (C=O) groups excluding carboxylic acids is 1. The molecule has 0 aliphatic heterocycles. The molecule has 1 heterocycles. The van der Waals surface area contributed by atoms with Gasteiger partial charge in [-0.25, -0.2) is 9.18 Å². The maximum Gasteiger partial charge on any atom is 0.320 e. The summed E-state index contributed by atoms with van der Waals surface area (Å²) in [6.45, 7) is -0.0697. The Kier molecular flexibility index (Phi) is 4.77. The summed E-state index contributed by atoms with van der Waals surface area (Å²) in [5.74, 6) is -0.229. The third-order valence-electron chi connectivity index (χ3n) is 2.74. The van der Waals surface area contributed by atoms with Crippen molar-refractivity contribution in [3.8, 4) is 0 Å². The van der Waals surface area contributed by atoms with Crippen LogP contribution in [-0.2, 0) is 7.05 Å². The first-order valence-corrected chi connectivity index (χ1v) is 6.51. The van der Waals surface area contributed by atoms with E-state index in [2.05, 4.69) is 15.7 Å². The van der Waals surface area contributed by atoms with Crippen LogP contribution in [0.2, 0.25) is 5.02 Å². The molecule has 21 heavy (non-hydrogen) atoms. The quantitative estimate of drug-likeness (QED) is 0.808. The molecule has 2 aromatic rings. The highest BCUT2D eigenvalue weighted by molar-refractivity contribution is 6.30.